The molecule has 0 saturated heterocycles. The minimum absolute atomic E-state index is 0.0401. The molecule has 1 aliphatic rings. The SMILES string of the molecule is C=CCOC(=O)[C@H](CCCCCC(=O)NO)NC(=O)OCC1c2ccccc2-c2ccccc21. The van der Waals surface area contributed by atoms with Crippen molar-refractivity contribution in [3.8, 4) is 11.1 Å². The fraction of sp³-hybridized carbons (Fsp3) is 0.346. The van der Waals surface area contributed by atoms with Crippen LogP contribution in [0.3, 0.4) is 0 Å². The number of ether oxygens (including phenoxy) is 2. The molecule has 2 aromatic carbocycles. The number of alkyl carbamates (subject to hydrolysis) is 1. The fourth-order valence-corrected chi connectivity index (χ4v) is 4.14. The quantitative estimate of drug-likeness (QED) is 0.143. The smallest absolute Gasteiger partial charge is 0.407 e. The van der Waals surface area contributed by atoms with Crippen molar-refractivity contribution in [2.75, 3.05) is 13.2 Å². The minimum Gasteiger partial charge on any atom is -0.460 e. The van der Waals surface area contributed by atoms with E-state index in [0.717, 1.165) is 22.3 Å². The molecule has 8 nitrogen and oxygen atoms in total. The number of carbonyl (C=O) groups excluding carboxylic acids is 3. The Morgan fingerprint density at radius 1 is 0.971 bits per heavy atom. The van der Waals surface area contributed by atoms with Crippen molar-refractivity contribution in [2.45, 2.75) is 44.1 Å². The van der Waals surface area contributed by atoms with Gasteiger partial charge < -0.3 is 14.8 Å². The molecule has 3 rings (SSSR count). The lowest BCUT2D eigenvalue weighted by Gasteiger charge is -2.19. The third-order valence-corrected chi connectivity index (χ3v) is 5.79. The summed E-state index contributed by atoms with van der Waals surface area (Å²) in [5, 5.41) is 11.2. The number of unbranched alkanes of at least 4 members (excludes halogenated alkanes) is 2. The predicted octanol–water partition coefficient (Wildman–Crippen LogP) is 4.08. The van der Waals surface area contributed by atoms with E-state index < -0.39 is 24.0 Å². The van der Waals surface area contributed by atoms with Gasteiger partial charge in [0.05, 0.1) is 0 Å². The van der Waals surface area contributed by atoms with Crippen molar-refractivity contribution in [1.29, 1.82) is 0 Å². The first-order valence-electron chi connectivity index (χ1n) is 11.4. The van der Waals surface area contributed by atoms with E-state index in [0.29, 0.717) is 25.7 Å². The minimum atomic E-state index is -0.873. The number of hydrogen-bond donors (Lipinski definition) is 3. The Labute approximate surface area is 198 Å². The van der Waals surface area contributed by atoms with Crippen LogP contribution in [0.1, 0.15) is 49.1 Å². The monoisotopic (exact) mass is 466 g/mol. The highest BCUT2D eigenvalue weighted by Gasteiger charge is 2.30. The molecule has 2 aromatic rings. The first kappa shape index (κ1) is 25.0. The average Bonchev–Trinajstić information content (AvgIpc) is 3.18. The molecule has 0 bridgehead atoms. The van der Waals surface area contributed by atoms with E-state index in [2.05, 4.69) is 24.0 Å². The molecule has 2 amide bonds. The van der Waals surface area contributed by atoms with Crippen LogP contribution in [0.5, 0.6) is 0 Å². The van der Waals surface area contributed by atoms with Gasteiger partial charge in [0.25, 0.3) is 0 Å². The van der Waals surface area contributed by atoms with E-state index in [4.69, 9.17) is 14.7 Å². The van der Waals surface area contributed by atoms with Gasteiger partial charge in [0.15, 0.2) is 0 Å². The molecule has 0 radical (unpaired) electrons. The second kappa shape index (κ2) is 12.6. The van der Waals surface area contributed by atoms with Crippen LogP contribution >= 0.6 is 0 Å². The van der Waals surface area contributed by atoms with Crippen LogP contribution in [0.2, 0.25) is 0 Å². The van der Waals surface area contributed by atoms with E-state index in [1.807, 2.05) is 36.4 Å². The molecule has 180 valence electrons. The van der Waals surface area contributed by atoms with Gasteiger partial charge in [-0.25, -0.2) is 15.1 Å². The third kappa shape index (κ3) is 6.45. The van der Waals surface area contributed by atoms with Gasteiger partial charge in [-0.05, 0) is 35.1 Å². The summed E-state index contributed by atoms with van der Waals surface area (Å²) < 4.78 is 10.7. The zero-order chi connectivity index (χ0) is 24.3. The maximum atomic E-state index is 12.6. The Bertz CT molecular complexity index is 976. The lowest BCUT2D eigenvalue weighted by molar-refractivity contribution is -0.145. The largest absolute Gasteiger partial charge is 0.460 e. The molecule has 0 unspecified atom stereocenters. The van der Waals surface area contributed by atoms with E-state index in [1.165, 1.54) is 6.08 Å². The molecule has 8 heteroatoms. The van der Waals surface area contributed by atoms with Crippen LogP contribution in [0.25, 0.3) is 11.1 Å². The summed E-state index contributed by atoms with van der Waals surface area (Å²) in [6.07, 6.45) is 3.05. The average molecular weight is 467 g/mol. The second-order valence-electron chi connectivity index (χ2n) is 8.08. The number of fused-ring (bicyclic) bond motifs is 3. The Morgan fingerprint density at radius 2 is 1.62 bits per heavy atom. The molecule has 0 heterocycles. The fourth-order valence-electron chi connectivity index (χ4n) is 4.14. The van der Waals surface area contributed by atoms with Crippen molar-refractivity contribution in [2.24, 2.45) is 0 Å². The molecule has 0 saturated carbocycles. The van der Waals surface area contributed by atoms with Crippen molar-refractivity contribution >= 4 is 18.0 Å². The number of nitrogens with one attached hydrogen (secondary N) is 2. The standard InChI is InChI=1S/C26H30N2O6/c1-2-16-33-25(30)23(14-4-3-5-15-24(29)28-32)27-26(31)34-17-22-20-12-8-6-10-18(20)19-11-7-9-13-21(19)22/h2,6-13,22-23,32H,1,3-5,14-17H2,(H,27,31)(H,28,29)/t23-/m0/s1. The number of hydroxylamine groups is 1. The molecule has 1 aliphatic carbocycles. The third-order valence-electron chi connectivity index (χ3n) is 5.79. The summed E-state index contributed by atoms with van der Waals surface area (Å²) in [5.41, 5.74) is 6.05. The van der Waals surface area contributed by atoms with Gasteiger partial charge in [0, 0.05) is 12.3 Å². The van der Waals surface area contributed by atoms with E-state index in [1.54, 1.807) is 5.48 Å². The number of esters is 1. The van der Waals surface area contributed by atoms with E-state index in [9.17, 15) is 14.4 Å². The highest BCUT2D eigenvalue weighted by atomic mass is 16.6. The Kier molecular flexibility index (Phi) is 9.22. The molecule has 0 spiro atoms. The van der Waals surface area contributed by atoms with Crippen LogP contribution in [0.4, 0.5) is 4.79 Å². The first-order valence-corrected chi connectivity index (χ1v) is 11.4. The van der Waals surface area contributed by atoms with Gasteiger partial charge in [0.1, 0.15) is 19.3 Å². The van der Waals surface area contributed by atoms with Gasteiger partial charge in [-0.15, -0.1) is 0 Å². The molecule has 0 fully saturated rings. The summed E-state index contributed by atoms with van der Waals surface area (Å²) in [4.78, 5) is 36.1. The van der Waals surface area contributed by atoms with Crippen LogP contribution < -0.4 is 10.8 Å². The topological polar surface area (TPSA) is 114 Å². The number of rotatable bonds is 12. The van der Waals surface area contributed by atoms with Crippen LogP contribution in [-0.4, -0.2) is 42.4 Å². The van der Waals surface area contributed by atoms with Gasteiger partial charge >= 0.3 is 12.1 Å². The Hall–Kier alpha value is -3.65. The Morgan fingerprint density at radius 3 is 2.24 bits per heavy atom. The summed E-state index contributed by atoms with van der Waals surface area (Å²) in [5.74, 6) is -1.11. The van der Waals surface area contributed by atoms with Crippen molar-refractivity contribution in [1.82, 2.24) is 10.8 Å². The highest BCUT2D eigenvalue weighted by molar-refractivity contribution is 5.82. The predicted molar refractivity (Wildman–Crippen MR) is 126 cm³/mol. The number of benzene rings is 2. The number of hydrogen-bond acceptors (Lipinski definition) is 6. The molecule has 0 aromatic heterocycles. The van der Waals surface area contributed by atoms with Gasteiger partial charge in [-0.1, -0.05) is 74.0 Å². The van der Waals surface area contributed by atoms with E-state index >= 15 is 0 Å². The zero-order valence-electron chi connectivity index (χ0n) is 19.0. The molecule has 3 N–H and O–H groups in total. The summed E-state index contributed by atoms with van der Waals surface area (Å²) >= 11 is 0. The number of amides is 2. The maximum Gasteiger partial charge on any atom is 0.407 e. The summed E-state index contributed by atoms with van der Waals surface area (Å²) in [6.45, 7) is 3.71. The zero-order valence-corrected chi connectivity index (χ0v) is 19.0. The number of carbonyl (C=O) groups is 3. The summed E-state index contributed by atoms with van der Waals surface area (Å²) in [7, 11) is 0. The normalized spacial score (nSPS) is 12.7. The molecule has 34 heavy (non-hydrogen) atoms. The van der Waals surface area contributed by atoms with Crippen molar-refractivity contribution in [3.63, 3.8) is 0 Å². The lowest BCUT2D eigenvalue weighted by Crippen LogP contribution is -2.42. The lowest BCUT2D eigenvalue weighted by atomic mass is 9.98. The van der Waals surface area contributed by atoms with Crippen LogP contribution in [0.15, 0.2) is 61.2 Å². The van der Waals surface area contributed by atoms with Crippen LogP contribution in [-0.2, 0) is 19.1 Å². The summed E-state index contributed by atoms with van der Waals surface area (Å²) in [6, 6.07) is 15.2. The molecular weight excluding hydrogens is 436 g/mol. The molecule has 0 aliphatic heterocycles. The van der Waals surface area contributed by atoms with Crippen molar-refractivity contribution in [3.05, 3.63) is 72.3 Å². The molecule has 1 atom stereocenters. The molecular formula is C26H30N2O6. The first-order chi connectivity index (χ1) is 16.5. The van der Waals surface area contributed by atoms with Gasteiger partial charge in [-0.3, -0.25) is 10.0 Å². The maximum absolute atomic E-state index is 12.6. The van der Waals surface area contributed by atoms with Crippen molar-refractivity contribution < 1.29 is 29.1 Å². The van der Waals surface area contributed by atoms with Crippen LogP contribution in [0, 0.1) is 0 Å². The van der Waals surface area contributed by atoms with Gasteiger partial charge in [-0.2, -0.15) is 0 Å². The van der Waals surface area contributed by atoms with E-state index in [-0.39, 0.29) is 25.6 Å². The highest BCUT2D eigenvalue weighted by Crippen LogP contribution is 2.44. The second-order valence-corrected chi connectivity index (χ2v) is 8.08. The Balaban J connectivity index is 1.57. The van der Waals surface area contributed by atoms with Gasteiger partial charge in [0.2, 0.25) is 5.91 Å².